The van der Waals surface area contributed by atoms with E-state index in [2.05, 4.69) is 6.92 Å². The molecule has 0 aromatic carbocycles. The third kappa shape index (κ3) is 13.4. The summed E-state index contributed by atoms with van der Waals surface area (Å²) in [5.41, 5.74) is 0. The van der Waals surface area contributed by atoms with Gasteiger partial charge in [0.2, 0.25) is 0 Å². The molecule has 7 nitrogen and oxygen atoms in total. The third-order valence-electron chi connectivity index (χ3n) is 3.69. The highest BCUT2D eigenvalue weighted by atomic mass is 31.2. The van der Waals surface area contributed by atoms with Gasteiger partial charge in [-0.1, -0.05) is 58.3 Å². The molecule has 0 heterocycles. The van der Waals surface area contributed by atoms with Crippen molar-refractivity contribution < 1.29 is 31.5 Å². The van der Waals surface area contributed by atoms with Crippen LogP contribution >= 0.6 is 7.82 Å². The van der Waals surface area contributed by atoms with E-state index in [1.165, 1.54) is 38.5 Å². The summed E-state index contributed by atoms with van der Waals surface area (Å²) in [6.07, 6.45) is 10.4. The zero-order chi connectivity index (χ0) is 19.7. The average Bonchev–Trinajstić information content (AvgIpc) is 2.57. The maximum atomic E-state index is 12.2. The van der Waals surface area contributed by atoms with E-state index in [-0.39, 0.29) is 26.4 Å². The lowest BCUT2D eigenvalue weighted by molar-refractivity contribution is -0.00204. The molecule has 0 aliphatic rings. The van der Waals surface area contributed by atoms with Crippen LogP contribution in [0.2, 0.25) is 0 Å². The second kappa shape index (κ2) is 16.2. The Morgan fingerprint density at radius 3 is 1.58 bits per heavy atom. The van der Waals surface area contributed by atoms with E-state index in [9.17, 15) is 9.46 Å². The number of rotatable bonds is 19. The summed E-state index contributed by atoms with van der Waals surface area (Å²) in [6, 6.07) is 0. The Hall–Kier alpha value is 0.207. The molecule has 0 amide bonds. The minimum absolute atomic E-state index is 0.165. The molecule has 26 heavy (non-hydrogen) atoms. The number of phosphoric acid groups is 1. The molecule has 0 saturated heterocycles. The van der Waals surface area contributed by atoms with Crippen molar-refractivity contribution in [1.82, 2.24) is 0 Å². The van der Waals surface area contributed by atoms with Crippen molar-refractivity contribution in [2.45, 2.75) is 85.5 Å². The van der Waals surface area contributed by atoms with Crippen LogP contribution in [0.3, 0.4) is 0 Å². The molecule has 0 aromatic heterocycles. The lowest BCUT2D eigenvalue weighted by atomic mass is 10.1. The first-order chi connectivity index (χ1) is 12.4. The van der Waals surface area contributed by atoms with Gasteiger partial charge < -0.3 is 18.2 Å². The van der Waals surface area contributed by atoms with Crippen LogP contribution in [0.5, 0.6) is 0 Å². The first-order valence-corrected chi connectivity index (χ1v) is 13.2. The van der Waals surface area contributed by atoms with Gasteiger partial charge in [0.05, 0.1) is 6.61 Å². The number of unbranched alkanes of at least 4 members (excludes halogenated alkanes) is 8. The van der Waals surface area contributed by atoms with Gasteiger partial charge in [0.1, 0.15) is 0 Å². The van der Waals surface area contributed by atoms with Gasteiger partial charge in [0.25, 0.3) is 0 Å². The fourth-order valence-electron chi connectivity index (χ4n) is 2.49. The predicted octanol–water partition coefficient (Wildman–Crippen LogP) is 5.20. The van der Waals surface area contributed by atoms with Crippen LogP contribution in [0.15, 0.2) is 0 Å². The van der Waals surface area contributed by atoms with Crippen LogP contribution in [0.1, 0.15) is 85.5 Å². The highest BCUT2D eigenvalue weighted by molar-refractivity contribution is 7.49. The summed E-state index contributed by atoms with van der Waals surface area (Å²) in [7, 11) is -7.96. The molecule has 0 fully saturated rings. The normalized spacial score (nSPS) is 14.5. The van der Waals surface area contributed by atoms with Crippen molar-refractivity contribution >= 4 is 16.9 Å². The Bertz CT molecular complexity index is 354. The van der Waals surface area contributed by atoms with Crippen LogP contribution in [0, 0.1) is 0 Å². The van der Waals surface area contributed by atoms with E-state index in [1.54, 1.807) is 20.8 Å². The highest BCUT2D eigenvalue weighted by Crippen LogP contribution is 2.47. The van der Waals surface area contributed by atoms with Gasteiger partial charge in [-0.3, -0.25) is 8.74 Å². The lowest BCUT2D eigenvalue weighted by Crippen LogP contribution is -2.48. The van der Waals surface area contributed by atoms with E-state index in [4.69, 9.17) is 22.0 Å². The second-order valence-corrected chi connectivity index (χ2v) is 9.81. The largest absolute Gasteiger partial charge is 0.688 e. The summed E-state index contributed by atoms with van der Waals surface area (Å²) >= 11 is 0. The smallest absolute Gasteiger partial charge is 0.351 e. The molecular formula is C17H39O7PSi. The first kappa shape index (κ1) is 26.2. The lowest BCUT2D eigenvalue weighted by Gasteiger charge is -2.27. The molecule has 1 atom stereocenters. The van der Waals surface area contributed by atoms with Crippen LogP contribution in [0.25, 0.3) is 0 Å². The maximum Gasteiger partial charge on any atom is 0.688 e. The molecule has 0 aromatic rings. The Morgan fingerprint density at radius 2 is 1.15 bits per heavy atom. The van der Waals surface area contributed by atoms with Gasteiger partial charge in [-0.2, -0.15) is 0 Å². The molecule has 0 radical (unpaired) electrons. The average molecular weight is 415 g/mol. The SMILES string of the molecule is CCCCCCCCCCCOP(=O)(O)O[Si](OCC)(OCC)OCC. The quantitative estimate of drug-likeness (QED) is 0.177. The van der Waals surface area contributed by atoms with E-state index >= 15 is 0 Å². The van der Waals surface area contributed by atoms with Gasteiger partial charge in [-0.25, -0.2) is 4.57 Å². The van der Waals surface area contributed by atoms with Crippen molar-refractivity contribution in [2.24, 2.45) is 0 Å². The Balaban J connectivity index is 4.08. The summed E-state index contributed by atoms with van der Waals surface area (Å²) in [6.45, 7) is 8.38. The molecule has 158 valence electrons. The van der Waals surface area contributed by atoms with Crippen LogP contribution in [-0.2, 0) is 26.6 Å². The van der Waals surface area contributed by atoms with E-state index in [1.807, 2.05) is 0 Å². The maximum absolute atomic E-state index is 12.2. The van der Waals surface area contributed by atoms with Crippen molar-refractivity contribution in [1.29, 1.82) is 0 Å². The van der Waals surface area contributed by atoms with Crippen LogP contribution in [-0.4, -0.2) is 40.4 Å². The summed E-state index contributed by atoms with van der Waals surface area (Å²) in [4.78, 5) is 9.96. The van der Waals surface area contributed by atoms with E-state index in [0.717, 1.165) is 19.3 Å². The van der Waals surface area contributed by atoms with Gasteiger partial charge >= 0.3 is 16.9 Å². The molecule has 1 unspecified atom stereocenters. The fraction of sp³-hybridized carbons (Fsp3) is 1.00. The minimum Gasteiger partial charge on any atom is -0.351 e. The summed E-state index contributed by atoms with van der Waals surface area (Å²) < 4.78 is 38.7. The van der Waals surface area contributed by atoms with Crippen LogP contribution in [0.4, 0.5) is 0 Å². The monoisotopic (exact) mass is 414 g/mol. The summed E-state index contributed by atoms with van der Waals surface area (Å²) in [5.74, 6) is 0. The fourth-order valence-corrected chi connectivity index (χ4v) is 6.14. The molecule has 0 bridgehead atoms. The zero-order valence-corrected chi connectivity index (χ0v) is 18.9. The zero-order valence-electron chi connectivity index (χ0n) is 17.0. The topological polar surface area (TPSA) is 83.5 Å². The third-order valence-corrected chi connectivity index (χ3v) is 7.95. The highest BCUT2D eigenvalue weighted by Gasteiger charge is 2.51. The minimum atomic E-state index is -4.29. The number of hydrogen-bond donors (Lipinski definition) is 1. The van der Waals surface area contributed by atoms with Crippen molar-refractivity contribution in [3.63, 3.8) is 0 Å². The van der Waals surface area contributed by atoms with Gasteiger partial charge in [0, 0.05) is 19.8 Å². The Morgan fingerprint density at radius 1 is 0.731 bits per heavy atom. The molecule has 1 N–H and O–H groups in total. The second-order valence-electron chi connectivity index (χ2n) is 6.02. The standard InChI is InChI=1S/C17H39O7PSi/c1-5-9-10-11-12-13-14-15-16-17-20-25(18,19)24-26(21-6-2,22-7-3)23-8-4/h5-17H2,1-4H3,(H,18,19). The molecular weight excluding hydrogens is 375 g/mol. The Labute approximate surface area is 160 Å². The Kier molecular flexibility index (Phi) is 16.3. The first-order valence-electron chi connectivity index (χ1n) is 10.0. The van der Waals surface area contributed by atoms with Crippen LogP contribution < -0.4 is 0 Å². The molecule has 0 aliphatic carbocycles. The number of hydrogen-bond acceptors (Lipinski definition) is 6. The van der Waals surface area contributed by atoms with Crippen molar-refractivity contribution in [3.05, 3.63) is 0 Å². The van der Waals surface area contributed by atoms with E-state index in [0.29, 0.717) is 0 Å². The van der Waals surface area contributed by atoms with Gasteiger partial charge in [-0.05, 0) is 27.2 Å². The molecule has 0 rings (SSSR count). The molecule has 0 spiro atoms. The molecule has 0 saturated carbocycles. The predicted molar refractivity (Wildman–Crippen MR) is 105 cm³/mol. The van der Waals surface area contributed by atoms with Gasteiger partial charge in [-0.15, -0.1) is 0 Å². The van der Waals surface area contributed by atoms with E-state index < -0.39 is 16.9 Å². The van der Waals surface area contributed by atoms with Crippen molar-refractivity contribution in [3.8, 4) is 0 Å². The number of phosphoric ester groups is 1. The van der Waals surface area contributed by atoms with Crippen molar-refractivity contribution in [2.75, 3.05) is 26.4 Å². The molecule has 0 aliphatic heterocycles. The summed E-state index contributed by atoms with van der Waals surface area (Å²) in [5, 5.41) is 0. The van der Waals surface area contributed by atoms with Gasteiger partial charge in [0.15, 0.2) is 0 Å². The molecule has 9 heteroatoms.